The third kappa shape index (κ3) is 5.88. The molecule has 1 aliphatic heterocycles. The van der Waals surface area contributed by atoms with Gasteiger partial charge in [-0.05, 0) is 30.5 Å². The Labute approximate surface area is 193 Å². The van der Waals surface area contributed by atoms with Crippen LogP contribution in [0.15, 0.2) is 78.9 Å². The molecule has 0 unspecified atom stereocenters. The van der Waals surface area contributed by atoms with E-state index in [1.807, 2.05) is 78.9 Å². The minimum Gasteiger partial charge on any atom is -0.465 e. The van der Waals surface area contributed by atoms with Gasteiger partial charge in [0, 0.05) is 24.2 Å². The largest absolute Gasteiger partial charge is 0.465 e. The van der Waals surface area contributed by atoms with Gasteiger partial charge in [-0.15, -0.1) is 0 Å². The van der Waals surface area contributed by atoms with Crippen LogP contribution in [0.25, 0.3) is 11.3 Å². The summed E-state index contributed by atoms with van der Waals surface area (Å²) in [6.07, 6.45) is 0.198. The second-order valence-electron chi connectivity index (χ2n) is 8.08. The fourth-order valence-electron chi connectivity index (χ4n) is 4.21. The number of carboxylic acid groups (broad SMARTS) is 1. The molecule has 2 N–H and O–H groups in total. The first kappa shape index (κ1) is 22.3. The number of nitrogens with one attached hydrogen (secondary N) is 1. The fourth-order valence-corrected chi connectivity index (χ4v) is 4.21. The van der Waals surface area contributed by atoms with E-state index in [-0.39, 0.29) is 12.6 Å². The molecule has 2 amide bonds. The molecule has 0 radical (unpaired) electrons. The van der Waals surface area contributed by atoms with Crippen molar-refractivity contribution in [3.05, 3.63) is 90.1 Å². The summed E-state index contributed by atoms with van der Waals surface area (Å²) >= 11 is 0. The molecule has 1 aliphatic rings. The van der Waals surface area contributed by atoms with Crippen molar-refractivity contribution in [2.75, 3.05) is 6.54 Å². The van der Waals surface area contributed by atoms with Crippen molar-refractivity contribution >= 4 is 12.2 Å². The van der Waals surface area contributed by atoms with E-state index in [1.54, 1.807) is 0 Å². The van der Waals surface area contributed by atoms with Gasteiger partial charge < -0.3 is 20.1 Å². The molecule has 3 aromatic rings. The summed E-state index contributed by atoms with van der Waals surface area (Å²) in [7, 11) is 0. The monoisotopic (exact) mass is 445 g/mol. The van der Waals surface area contributed by atoms with E-state index in [4.69, 9.17) is 9.72 Å². The highest BCUT2D eigenvalue weighted by Gasteiger charge is 2.36. The van der Waals surface area contributed by atoms with E-state index in [2.05, 4.69) is 5.32 Å². The number of amides is 2. The van der Waals surface area contributed by atoms with Gasteiger partial charge in [0.25, 0.3) is 0 Å². The van der Waals surface area contributed by atoms with E-state index < -0.39 is 18.2 Å². The molecule has 170 valence electrons. The number of aromatic nitrogens is 1. The van der Waals surface area contributed by atoms with Crippen LogP contribution in [0.5, 0.6) is 0 Å². The molecule has 2 atom stereocenters. The molecule has 33 heavy (non-hydrogen) atoms. The lowest BCUT2D eigenvalue weighted by molar-refractivity contribution is 0.0810. The summed E-state index contributed by atoms with van der Waals surface area (Å²) in [5, 5.41) is 12.7. The second-order valence-corrected chi connectivity index (χ2v) is 8.08. The van der Waals surface area contributed by atoms with E-state index in [0.29, 0.717) is 25.8 Å². The van der Waals surface area contributed by atoms with Gasteiger partial charge in [0.1, 0.15) is 6.61 Å². The van der Waals surface area contributed by atoms with Gasteiger partial charge in [0.15, 0.2) is 0 Å². The van der Waals surface area contributed by atoms with Crippen LogP contribution in [0, 0.1) is 0 Å². The van der Waals surface area contributed by atoms with Crippen LogP contribution in [0.1, 0.15) is 24.1 Å². The van der Waals surface area contributed by atoms with Crippen molar-refractivity contribution < 1.29 is 19.4 Å². The van der Waals surface area contributed by atoms with Crippen LogP contribution in [-0.4, -0.2) is 45.8 Å². The van der Waals surface area contributed by atoms with E-state index in [1.165, 1.54) is 4.90 Å². The summed E-state index contributed by atoms with van der Waals surface area (Å²) in [5.74, 6) is 0. The van der Waals surface area contributed by atoms with Crippen LogP contribution in [0.3, 0.4) is 0 Å². The van der Waals surface area contributed by atoms with Crippen molar-refractivity contribution in [1.29, 1.82) is 0 Å². The molecule has 0 aliphatic carbocycles. The highest BCUT2D eigenvalue weighted by Crippen LogP contribution is 2.23. The predicted octanol–water partition coefficient (Wildman–Crippen LogP) is 4.73. The van der Waals surface area contributed by atoms with Gasteiger partial charge in [-0.2, -0.15) is 0 Å². The number of rotatable bonds is 6. The van der Waals surface area contributed by atoms with Gasteiger partial charge in [0.05, 0.1) is 17.8 Å². The number of benzene rings is 2. The Balaban J connectivity index is 1.47. The van der Waals surface area contributed by atoms with Crippen molar-refractivity contribution in [3.8, 4) is 11.3 Å². The highest BCUT2D eigenvalue weighted by molar-refractivity contribution is 5.69. The lowest BCUT2D eigenvalue weighted by atomic mass is 9.92. The molecule has 1 aromatic heterocycles. The maximum Gasteiger partial charge on any atom is 0.407 e. The summed E-state index contributed by atoms with van der Waals surface area (Å²) in [4.78, 5) is 30.6. The summed E-state index contributed by atoms with van der Waals surface area (Å²) in [5.41, 5.74) is 3.50. The number of pyridine rings is 1. The van der Waals surface area contributed by atoms with E-state index in [0.717, 1.165) is 22.5 Å². The molecule has 2 heterocycles. The van der Waals surface area contributed by atoms with Gasteiger partial charge in [0.2, 0.25) is 0 Å². The molecule has 0 saturated carbocycles. The lowest BCUT2D eigenvalue weighted by Crippen LogP contribution is -2.57. The highest BCUT2D eigenvalue weighted by atomic mass is 16.5. The molecule has 0 bridgehead atoms. The van der Waals surface area contributed by atoms with Gasteiger partial charge >= 0.3 is 12.2 Å². The van der Waals surface area contributed by atoms with Crippen molar-refractivity contribution in [3.63, 3.8) is 0 Å². The molecule has 1 saturated heterocycles. The molecular formula is C26H27N3O4. The van der Waals surface area contributed by atoms with Gasteiger partial charge in [-0.1, -0.05) is 66.7 Å². The number of hydrogen-bond acceptors (Lipinski definition) is 4. The minimum absolute atomic E-state index is 0.160. The molecule has 7 nitrogen and oxygen atoms in total. The third-order valence-electron chi connectivity index (χ3n) is 5.84. The third-order valence-corrected chi connectivity index (χ3v) is 5.84. The Bertz CT molecular complexity index is 1080. The molecule has 1 fully saturated rings. The summed E-state index contributed by atoms with van der Waals surface area (Å²) in [6.45, 7) is 0.586. The summed E-state index contributed by atoms with van der Waals surface area (Å²) in [6, 6.07) is 24.2. The molecule has 2 aromatic carbocycles. The Morgan fingerprint density at radius 3 is 2.45 bits per heavy atom. The van der Waals surface area contributed by atoms with E-state index in [9.17, 15) is 14.7 Å². The van der Waals surface area contributed by atoms with Crippen LogP contribution >= 0.6 is 0 Å². The maximum absolute atomic E-state index is 12.5. The van der Waals surface area contributed by atoms with Crippen LogP contribution < -0.4 is 5.32 Å². The average molecular weight is 446 g/mol. The van der Waals surface area contributed by atoms with E-state index >= 15 is 0 Å². The standard InChI is InChI=1S/C26H27N3O4/c30-25(33-18-19-9-3-1-4-10-19)28-23-15-8-16-29(26(31)32)24(23)17-21-13-7-14-22(27-21)20-11-5-2-6-12-20/h1-7,9-14,23-24H,8,15-18H2,(H,28,30)(H,31,32)/t23-,24-/m1/s1. The smallest absolute Gasteiger partial charge is 0.407 e. The number of nitrogens with zero attached hydrogens (tertiary/aromatic N) is 2. The van der Waals surface area contributed by atoms with Gasteiger partial charge in [-0.25, -0.2) is 9.59 Å². The number of ether oxygens (including phenoxy) is 1. The Hall–Kier alpha value is -3.87. The first-order valence-corrected chi connectivity index (χ1v) is 11.1. The zero-order chi connectivity index (χ0) is 23.0. The second kappa shape index (κ2) is 10.6. The van der Waals surface area contributed by atoms with Crippen LogP contribution in [0.2, 0.25) is 0 Å². The molecule has 7 heteroatoms. The van der Waals surface area contributed by atoms with Crippen molar-refractivity contribution in [2.45, 2.75) is 38.0 Å². The SMILES string of the molecule is O=C(N[C@@H]1CCCN(C(=O)O)[C@@H]1Cc1cccc(-c2ccccc2)n1)OCc1ccccc1. The zero-order valence-corrected chi connectivity index (χ0v) is 18.3. The number of piperidine rings is 1. The normalized spacial score (nSPS) is 17.9. The Kier molecular flexibility index (Phi) is 7.19. The quantitative estimate of drug-likeness (QED) is 0.572. The number of hydrogen-bond donors (Lipinski definition) is 2. The summed E-state index contributed by atoms with van der Waals surface area (Å²) < 4.78 is 5.37. The number of alkyl carbamates (subject to hydrolysis) is 1. The fraction of sp³-hybridized carbons (Fsp3) is 0.269. The number of likely N-dealkylation sites (tertiary alicyclic amines) is 1. The number of carbonyl (C=O) groups excluding carboxylic acids is 1. The predicted molar refractivity (Wildman–Crippen MR) is 125 cm³/mol. The first-order chi connectivity index (χ1) is 16.1. The maximum atomic E-state index is 12.5. The lowest BCUT2D eigenvalue weighted by Gasteiger charge is -2.39. The topological polar surface area (TPSA) is 91.8 Å². The Morgan fingerprint density at radius 1 is 1.00 bits per heavy atom. The van der Waals surface area contributed by atoms with Crippen molar-refractivity contribution in [1.82, 2.24) is 15.2 Å². The first-order valence-electron chi connectivity index (χ1n) is 11.1. The van der Waals surface area contributed by atoms with Crippen LogP contribution in [-0.2, 0) is 17.8 Å². The van der Waals surface area contributed by atoms with Crippen LogP contribution in [0.4, 0.5) is 9.59 Å². The minimum atomic E-state index is -0.997. The zero-order valence-electron chi connectivity index (χ0n) is 18.3. The van der Waals surface area contributed by atoms with Crippen molar-refractivity contribution in [2.24, 2.45) is 0 Å². The Morgan fingerprint density at radius 2 is 1.73 bits per heavy atom. The van der Waals surface area contributed by atoms with Gasteiger partial charge in [-0.3, -0.25) is 4.98 Å². The average Bonchev–Trinajstić information content (AvgIpc) is 2.85. The molecule has 0 spiro atoms. The molecular weight excluding hydrogens is 418 g/mol. The molecule has 4 rings (SSSR count). The number of carbonyl (C=O) groups is 2.